The average molecular weight is 659 g/mol. The lowest BCUT2D eigenvalue weighted by Crippen LogP contribution is -1.97. The van der Waals surface area contributed by atoms with Crippen molar-refractivity contribution in [2.75, 3.05) is 13.2 Å². The van der Waals surface area contributed by atoms with E-state index in [4.69, 9.17) is 14.2 Å². The Balaban J connectivity index is 1.75. The van der Waals surface area contributed by atoms with Crippen LogP contribution in [0.15, 0.2) is 23.7 Å². The molecule has 0 aliphatic heterocycles. The Bertz CT molecular complexity index is 695. The molecule has 0 heterocycles. The topological polar surface area (TPSA) is 27.7 Å². The highest BCUT2D eigenvalue weighted by atomic mass is 16.5. The van der Waals surface area contributed by atoms with Gasteiger partial charge >= 0.3 is 0 Å². The van der Waals surface area contributed by atoms with Crippen molar-refractivity contribution in [2.45, 2.75) is 233 Å². The number of ether oxygens (including phenoxy) is 3. The molecule has 0 aromatic carbocycles. The first-order valence-electron chi connectivity index (χ1n) is 21.5. The van der Waals surface area contributed by atoms with E-state index in [9.17, 15) is 0 Å². The minimum absolute atomic E-state index is 0.590. The largest absolute Gasteiger partial charge is 0.467 e. The first-order chi connectivity index (χ1) is 23.2. The molecule has 4 atom stereocenters. The van der Waals surface area contributed by atoms with Crippen LogP contribution in [0, 0.1) is 11.8 Å². The van der Waals surface area contributed by atoms with Crippen molar-refractivity contribution in [3.05, 3.63) is 23.7 Å². The fraction of sp³-hybridized carbons (Fsp3) is 0.909. The molecule has 0 N–H and O–H groups in total. The molecule has 0 amide bonds. The van der Waals surface area contributed by atoms with Crippen LogP contribution >= 0.6 is 0 Å². The van der Waals surface area contributed by atoms with Crippen LogP contribution in [0.1, 0.15) is 220 Å². The number of hydrogen-bond donors (Lipinski definition) is 0. The molecule has 2 rings (SSSR count). The third kappa shape index (κ3) is 24.1. The summed E-state index contributed by atoms with van der Waals surface area (Å²) in [5.41, 5.74) is 0. The quantitative estimate of drug-likeness (QED) is 0.0495. The van der Waals surface area contributed by atoms with Crippen molar-refractivity contribution in [1.29, 1.82) is 0 Å². The van der Waals surface area contributed by atoms with Gasteiger partial charge < -0.3 is 14.2 Å². The number of rotatable bonds is 36. The van der Waals surface area contributed by atoms with Gasteiger partial charge in [-0.3, -0.25) is 0 Å². The molecule has 2 fully saturated rings. The molecule has 2 saturated carbocycles. The van der Waals surface area contributed by atoms with Crippen LogP contribution in [0.5, 0.6) is 0 Å². The van der Waals surface area contributed by atoms with Crippen molar-refractivity contribution in [3.63, 3.8) is 0 Å². The molecule has 3 heteroatoms. The molecule has 0 saturated heterocycles. The molecule has 0 aromatic heterocycles. The van der Waals surface area contributed by atoms with Crippen LogP contribution < -0.4 is 0 Å². The van der Waals surface area contributed by atoms with Crippen LogP contribution in [0.4, 0.5) is 0 Å². The average Bonchev–Trinajstić information content (AvgIpc) is 4.00. The zero-order chi connectivity index (χ0) is 33.6. The van der Waals surface area contributed by atoms with Gasteiger partial charge in [0.05, 0.1) is 23.7 Å². The molecule has 47 heavy (non-hydrogen) atoms. The van der Waals surface area contributed by atoms with Crippen molar-refractivity contribution < 1.29 is 14.2 Å². The van der Waals surface area contributed by atoms with E-state index in [2.05, 4.69) is 39.8 Å². The van der Waals surface area contributed by atoms with E-state index in [1.165, 1.54) is 191 Å². The number of allylic oxidation sites excluding steroid dienone is 4. The third-order valence-corrected chi connectivity index (χ3v) is 10.6. The first kappa shape index (κ1) is 42.4. The molecular formula is C44H82O3. The van der Waals surface area contributed by atoms with Gasteiger partial charge in [-0.25, -0.2) is 0 Å². The summed E-state index contributed by atoms with van der Waals surface area (Å²) in [6.45, 7) is 10.6. The van der Waals surface area contributed by atoms with Gasteiger partial charge in [0.2, 0.25) is 0 Å². The standard InChI is InChI=1S/C44H82O3/c1-5-9-11-13-21-27-33-41(35-29-23-17-15-19-25-31-39-37-43(39)45-7-3)47-42(34-28-22-14-12-10-6-2)36-30-24-18-16-20-26-32-40-38-44(40)46-8-4/h35-36,39-40,43-44H,5-34,37-38H2,1-4H3/b41-35-,42-36-. The van der Waals surface area contributed by atoms with Gasteiger partial charge in [0, 0.05) is 26.1 Å². The predicted molar refractivity (Wildman–Crippen MR) is 205 cm³/mol. The van der Waals surface area contributed by atoms with E-state index in [1.807, 2.05) is 0 Å². The van der Waals surface area contributed by atoms with E-state index in [-0.39, 0.29) is 0 Å². The van der Waals surface area contributed by atoms with E-state index >= 15 is 0 Å². The summed E-state index contributed by atoms with van der Waals surface area (Å²) in [4.78, 5) is 0. The molecule has 3 nitrogen and oxygen atoms in total. The van der Waals surface area contributed by atoms with E-state index in [0.717, 1.165) is 37.9 Å². The van der Waals surface area contributed by atoms with Crippen LogP contribution in [-0.4, -0.2) is 25.4 Å². The Morgan fingerprint density at radius 2 is 0.809 bits per heavy atom. The van der Waals surface area contributed by atoms with E-state index in [1.54, 1.807) is 0 Å². The summed E-state index contributed by atoms with van der Waals surface area (Å²) in [6.07, 6.45) is 45.9. The molecule has 0 bridgehead atoms. The fourth-order valence-electron chi connectivity index (χ4n) is 7.29. The summed E-state index contributed by atoms with van der Waals surface area (Å²) in [7, 11) is 0. The lowest BCUT2D eigenvalue weighted by Gasteiger charge is -2.15. The maximum atomic E-state index is 6.82. The second kappa shape index (κ2) is 30.1. The maximum absolute atomic E-state index is 6.82. The summed E-state index contributed by atoms with van der Waals surface area (Å²) >= 11 is 0. The highest BCUT2D eigenvalue weighted by Gasteiger charge is 2.37. The van der Waals surface area contributed by atoms with Crippen LogP contribution in [0.3, 0.4) is 0 Å². The molecule has 4 unspecified atom stereocenters. The van der Waals surface area contributed by atoms with Gasteiger partial charge in [-0.1, -0.05) is 129 Å². The zero-order valence-electron chi connectivity index (χ0n) is 32.3. The highest BCUT2D eigenvalue weighted by Crippen LogP contribution is 2.39. The molecular weight excluding hydrogens is 576 g/mol. The molecule has 0 spiro atoms. The van der Waals surface area contributed by atoms with E-state index in [0.29, 0.717) is 12.2 Å². The lowest BCUT2D eigenvalue weighted by molar-refractivity contribution is 0.119. The van der Waals surface area contributed by atoms with Gasteiger partial charge in [-0.15, -0.1) is 0 Å². The summed E-state index contributed by atoms with van der Waals surface area (Å²) < 4.78 is 18.3. The Hall–Kier alpha value is -0.800. The summed E-state index contributed by atoms with van der Waals surface area (Å²) in [5.74, 6) is 4.28. The monoisotopic (exact) mass is 659 g/mol. The smallest absolute Gasteiger partial charge is 0.0996 e. The van der Waals surface area contributed by atoms with Crippen molar-refractivity contribution in [3.8, 4) is 0 Å². The molecule has 2 aliphatic rings. The summed E-state index contributed by atoms with van der Waals surface area (Å²) in [6, 6.07) is 0. The van der Waals surface area contributed by atoms with Gasteiger partial charge in [0.25, 0.3) is 0 Å². The number of hydrogen-bond acceptors (Lipinski definition) is 3. The minimum Gasteiger partial charge on any atom is -0.467 e. The Morgan fingerprint density at radius 3 is 1.21 bits per heavy atom. The predicted octanol–water partition coefficient (Wildman–Crippen LogP) is 14.6. The molecule has 2 aliphatic carbocycles. The highest BCUT2D eigenvalue weighted by molar-refractivity contribution is 5.03. The Kier molecular flexibility index (Phi) is 27.1. The van der Waals surface area contributed by atoms with Crippen LogP contribution in [0.2, 0.25) is 0 Å². The Morgan fingerprint density at radius 1 is 0.447 bits per heavy atom. The SMILES string of the molecule is CCCCCCCC/C(=C/CCCCCCCC1CC1OCC)O/C(=C\CCCCCCCC1CC1OCC)CCCCCCCC. The van der Waals surface area contributed by atoms with Crippen LogP contribution in [-0.2, 0) is 14.2 Å². The third-order valence-electron chi connectivity index (χ3n) is 10.6. The van der Waals surface area contributed by atoms with E-state index < -0.39 is 0 Å². The second-order valence-corrected chi connectivity index (χ2v) is 15.1. The zero-order valence-corrected chi connectivity index (χ0v) is 32.3. The minimum atomic E-state index is 0.590. The first-order valence-corrected chi connectivity index (χ1v) is 21.5. The lowest BCUT2D eigenvalue weighted by atomic mass is 10.1. The van der Waals surface area contributed by atoms with Crippen molar-refractivity contribution in [1.82, 2.24) is 0 Å². The van der Waals surface area contributed by atoms with Gasteiger partial charge in [-0.05, 0) is 102 Å². The second-order valence-electron chi connectivity index (χ2n) is 15.1. The van der Waals surface area contributed by atoms with Gasteiger partial charge in [-0.2, -0.15) is 0 Å². The normalized spacial score (nSPS) is 21.0. The summed E-state index contributed by atoms with van der Waals surface area (Å²) in [5, 5.41) is 0. The van der Waals surface area contributed by atoms with Gasteiger partial charge in [0.1, 0.15) is 0 Å². The molecule has 0 radical (unpaired) electrons. The van der Waals surface area contributed by atoms with Crippen molar-refractivity contribution in [2.24, 2.45) is 11.8 Å². The molecule has 276 valence electrons. The Labute approximate surface area is 294 Å². The van der Waals surface area contributed by atoms with Crippen LogP contribution in [0.25, 0.3) is 0 Å². The maximum Gasteiger partial charge on any atom is 0.0996 e. The fourth-order valence-corrected chi connectivity index (χ4v) is 7.29. The molecule has 0 aromatic rings. The number of unbranched alkanes of at least 4 members (excludes halogenated alkanes) is 20. The van der Waals surface area contributed by atoms with Crippen molar-refractivity contribution >= 4 is 0 Å². The van der Waals surface area contributed by atoms with Gasteiger partial charge in [0.15, 0.2) is 0 Å².